The summed E-state index contributed by atoms with van der Waals surface area (Å²) in [5.74, 6) is 1.85. The molecule has 1 aromatic carbocycles. The maximum absolute atomic E-state index is 8.71. The normalized spacial score (nSPS) is 10.8. The first-order chi connectivity index (χ1) is 8.80. The van der Waals surface area contributed by atoms with Gasteiger partial charge < -0.3 is 10.6 Å². The summed E-state index contributed by atoms with van der Waals surface area (Å²) in [4.78, 5) is 4.14. The van der Waals surface area contributed by atoms with Crippen molar-refractivity contribution in [3.8, 4) is 6.07 Å². The van der Waals surface area contributed by atoms with Crippen molar-refractivity contribution in [2.24, 2.45) is 4.99 Å². The molecule has 0 atom stereocenters. The largest absolute Gasteiger partial charge is 0.356 e. The van der Waals surface area contributed by atoms with Crippen LogP contribution in [0, 0.1) is 11.3 Å². The van der Waals surface area contributed by atoms with E-state index in [1.807, 2.05) is 24.3 Å². The lowest BCUT2D eigenvalue weighted by molar-refractivity contribution is 0.833. The zero-order valence-corrected chi connectivity index (χ0v) is 11.5. The van der Waals surface area contributed by atoms with Crippen molar-refractivity contribution in [2.45, 2.75) is 6.54 Å². The molecule has 0 saturated heterocycles. The molecule has 0 spiro atoms. The second kappa shape index (κ2) is 8.43. The number of guanidine groups is 1. The first-order valence-corrected chi connectivity index (χ1v) is 7.12. The Morgan fingerprint density at radius 2 is 2.06 bits per heavy atom. The van der Waals surface area contributed by atoms with E-state index in [1.54, 1.807) is 18.8 Å². The van der Waals surface area contributed by atoms with Gasteiger partial charge in [0.2, 0.25) is 0 Å². The van der Waals surface area contributed by atoms with Crippen LogP contribution in [0.5, 0.6) is 0 Å². The van der Waals surface area contributed by atoms with Gasteiger partial charge in [-0.3, -0.25) is 4.99 Å². The summed E-state index contributed by atoms with van der Waals surface area (Å²) in [6.45, 7) is 1.60. The number of hydrogen-bond donors (Lipinski definition) is 2. The minimum atomic E-state index is 0.682. The molecular formula is C13H18N4S. The van der Waals surface area contributed by atoms with Crippen molar-refractivity contribution >= 4 is 17.7 Å². The van der Waals surface area contributed by atoms with Gasteiger partial charge in [0.1, 0.15) is 0 Å². The summed E-state index contributed by atoms with van der Waals surface area (Å²) in [6, 6.07) is 9.64. The highest BCUT2D eigenvalue weighted by Gasteiger charge is 1.98. The molecule has 0 fully saturated rings. The zero-order chi connectivity index (χ0) is 13.2. The van der Waals surface area contributed by atoms with Crippen molar-refractivity contribution in [3.05, 3.63) is 35.4 Å². The summed E-state index contributed by atoms with van der Waals surface area (Å²) in [7, 11) is 1.76. The second-order valence-corrected chi connectivity index (χ2v) is 4.64. The Balaban J connectivity index is 2.40. The van der Waals surface area contributed by atoms with Crippen molar-refractivity contribution in [1.82, 2.24) is 10.6 Å². The highest BCUT2D eigenvalue weighted by atomic mass is 32.2. The third kappa shape index (κ3) is 5.11. The van der Waals surface area contributed by atoms with Gasteiger partial charge in [-0.05, 0) is 24.0 Å². The van der Waals surface area contributed by atoms with E-state index in [-0.39, 0.29) is 0 Å². The Kier molecular flexibility index (Phi) is 6.74. The summed E-state index contributed by atoms with van der Waals surface area (Å²) in [5.41, 5.74) is 1.81. The molecule has 0 aromatic heterocycles. The fraction of sp³-hybridized carbons (Fsp3) is 0.385. The predicted molar refractivity (Wildman–Crippen MR) is 77.7 cm³/mol. The van der Waals surface area contributed by atoms with E-state index in [2.05, 4.69) is 28.0 Å². The molecule has 0 radical (unpaired) electrons. The molecule has 18 heavy (non-hydrogen) atoms. The second-order valence-electron chi connectivity index (χ2n) is 3.65. The lowest BCUT2D eigenvalue weighted by Gasteiger charge is -2.11. The maximum atomic E-state index is 8.71. The van der Waals surface area contributed by atoms with Crippen LogP contribution in [0.3, 0.4) is 0 Å². The van der Waals surface area contributed by atoms with Crippen LogP contribution in [-0.2, 0) is 6.54 Å². The molecule has 0 aliphatic rings. The van der Waals surface area contributed by atoms with Crippen LogP contribution in [0.4, 0.5) is 0 Å². The molecule has 4 nitrogen and oxygen atoms in total. The predicted octanol–water partition coefficient (Wildman–Crippen LogP) is 1.59. The van der Waals surface area contributed by atoms with Crippen LogP contribution >= 0.6 is 11.8 Å². The lowest BCUT2D eigenvalue weighted by atomic mass is 10.1. The molecule has 96 valence electrons. The summed E-state index contributed by atoms with van der Waals surface area (Å²) >= 11 is 1.80. The smallest absolute Gasteiger partial charge is 0.191 e. The van der Waals surface area contributed by atoms with Gasteiger partial charge in [-0.2, -0.15) is 17.0 Å². The van der Waals surface area contributed by atoms with Crippen molar-refractivity contribution < 1.29 is 0 Å². The number of aliphatic imine (C=N–C) groups is 1. The standard InChI is InChI=1S/C13H18N4S/c1-15-13(16-7-8-18-2)17-10-12-5-3-11(9-14)4-6-12/h3-6H,7-8,10H2,1-2H3,(H2,15,16,17). The Bertz CT molecular complexity index is 420. The number of nitrogens with one attached hydrogen (secondary N) is 2. The maximum Gasteiger partial charge on any atom is 0.191 e. The molecule has 5 heteroatoms. The van der Waals surface area contributed by atoms with E-state index in [1.165, 1.54) is 0 Å². The van der Waals surface area contributed by atoms with Crippen LogP contribution in [-0.4, -0.2) is 31.6 Å². The van der Waals surface area contributed by atoms with Gasteiger partial charge in [-0.15, -0.1) is 0 Å². The molecule has 0 aliphatic heterocycles. The first kappa shape index (κ1) is 14.4. The number of nitrogens with zero attached hydrogens (tertiary/aromatic N) is 2. The van der Waals surface area contributed by atoms with Crippen LogP contribution in [0.2, 0.25) is 0 Å². The van der Waals surface area contributed by atoms with Crippen molar-refractivity contribution in [3.63, 3.8) is 0 Å². The average Bonchev–Trinajstić information content (AvgIpc) is 2.43. The minimum absolute atomic E-state index is 0.682. The van der Waals surface area contributed by atoms with Crippen LogP contribution in [0.15, 0.2) is 29.3 Å². The first-order valence-electron chi connectivity index (χ1n) is 5.72. The molecule has 2 N–H and O–H groups in total. The Morgan fingerprint density at radius 3 is 2.61 bits per heavy atom. The van der Waals surface area contributed by atoms with Gasteiger partial charge in [0, 0.05) is 25.9 Å². The molecule has 0 bridgehead atoms. The molecule has 0 aliphatic carbocycles. The van der Waals surface area contributed by atoms with Gasteiger partial charge in [0.05, 0.1) is 11.6 Å². The van der Waals surface area contributed by atoms with Crippen LogP contribution in [0.25, 0.3) is 0 Å². The SMILES string of the molecule is CN=C(NCCSC)NCc1ccc(C#N)cc1. The van der Waals surface area contributed by atoms with Crippen LogP contribution in [0.1, 0.15) is 11.1 Å². The van der Waals surface area contributed by atoms with Gasteiger partial charge in [0.25, 0.3) is 0 Å². The van der Waals surface area contributed by atoms with Gasteiger partial charge in [-0.25, -0.2) is 0 Å². The number of hydrogen-bond acceptors (Lipinski definition) is 3. The average molecular weight is 262 g/mol. The molecule has 1 aromatic rings. The fourth-order valence-electron chi connectivity index (χ4n) is 1.38. The highest BCUT2D eigenvalue weighted by Crippen LogP contribution is 2.02. The Hall–Kier alpha value is -1.67. The zero-order valence-electron chi connectivity index (χ0n) is 10.7. The van der Waals surface area contributed by atoms with E-state index in [0.29, 0.717) is 12.1 Å². The van der Waals surface area contributed by atoms with Gasteiger partial charge >= 0.3 is 0 Å². The third-order valence-corrected chi connectivity index (χ3v) is 2.98. The summed E-state index contributed by atoms with van der Waals surface area (Å²) in [5, 5.41) is 15.2. The highest BCUT2D eigenvalue weighted by molar-refractivity contribution is 7.98. The monoisotopic (exact) mass is 262 g/mol. The summed E-state index contributed by atoms with van der Waals surface area (Å²) < 4.78 is 0. The van der Waals surface area contributed by atoms with Gasteiger partial charge in [-0.1, -0.05) is 12.1 Å². The molecule has 0 saturated carbocycles. The van der Waals surface area contributed by atoms with E-state index < -0.39 is 0 Å². The number of thioether (sulfide) groups is 1. The molecule has 0 unspecified atom stereocenters. The topological polar surface area (TPSA) is 60.2 Å². The number of benzene rings is 1. The Labute approximate surface area is 112 Å². The minimum Gasteiger partial charge on any atom is -0.356 e. The lowest BCUT2D eigenvalue weighted by Crippen LogP contribution is -2.37. The van der Waals surface area contributed by atoms with Crippen molar-refractivity contribution in [2.75, 3.05) is 25.6 Å². The molecular weight excluding hydrogens is 244 g/mol. The van der Waals surface area contributed by atoms with Crippen LogP contribution < -0.4 is 10.6 Å². The van der Waals surface area contributed by atoms with E-state index in [4.69, 9.17) is 5.26 Å². The molecule has 0 amide bonds. The number of nitriles is 1. The Morgan fingerprint density at radius 1 is 1.33 bits per heavy atom. The fourth-order valence-corrected chi connectivity index (χ4v) is 1.68. The van der Waals surface area contributed by atoms with Crippen molar-refractivity contribution in [1.29, 1.82) is 5.26 Å². The van der Waals surface area contributed by atoms with E-state index in [9.17, 15) is 0 Å². The quantitative estimate of drug-likeness (QED) is 0.480. The molecule has 1 rings (SSSR count). The van der Waals surface area contributed by atoms with Gasteiger partial charge in [0.15, 0.2) is 5.96 Å². The molecule has 0 heterocycles. The van der Waals surface area contributed by atoms with E-state index in [0.717, 1.165) is 23.8 Å². The summed E-state index contributed by atoms with van der Waals surface area (Å²) in [6.07, 6.45) is 2.08. The number of rotatable bonds is 5. The third-order valence-electron chi connectivity index (χ3n) is 2.37. The van der Waals surface area contributed by atoms with E-state index >= 15 is 0 Å².